The first kappa shape index (κ1) is 11.7. The lowest BCUT2D eigenvalue weighted by atomic mass is 10.0. The van der Waals surface area contributed by atoms with Gasteiger partial charge in [-0.1, -0.05) is 18.2 Å². The number of rotatable bonds is 5. The van der Waals surface area contributed by atoms with Crippen LogP contribution in [0.4, 0.5) is 0 Å². The second kappa shape index (κ2) is 4.71. The van der Waals surface area contributed by atoms with Crippen molar-refractivity contribution in [2.45, 2.75) is 38.8 Å². The van der Waals surface area contributed by atoms with Gasteiger partial charge >= 0.3 is 0 Å². The molecule has 4 nitrogen and oxygen atoms in total. The molecule has 1 atom stereocenters. The molecule has 3 rings (SSSR count). The third-order valence-electron chi connectivity index (χ3n) is 3.85. The molecule has 4 heteroatoms. The average Bonchev–Trinajstić information content (AvgIpc) is 3.19. The number of aryl methyl sites for hydroxylation is 1. The molecule has 0 spiro atoms. The summed E-state index contributed by atoms with van der Waals surface area (Å²) in [6, 6.07) is 8.81. The number of fused-ring (bicyclic) bond motifs is 1. The number of benzene rings is 1. The number of nitrogens with two attached hydrogens (primary N) is 1. The molecule has 96 valence electrons. The van der Waals surface area contributed by atoms with Crippen LogP contribution in [0.25, 0.3) is 10.9 Å². The number of hydrogen-bond acceptors (Lipinski definition) is 3. The fraction of sp³-hybridized carbons (Fsp3) is 0.500. The van der Waals surface area contributed by atoms with E-state index in [0.717, 1.165) is 18.9 Å². The summed E-state index contributed by atoms with van der Waals surface area (Å²) < 4.78 is 2.07. The van der Waals surface area contributed by atoms with E-state index in [-0.39, 0.29) is 0 Å². The normalized spacial score (nSPS) is 17.2. The van der Waals surface area contributed by atoms with E-state index >= 15 is 0 Å². The highest BCUT2D eigenvalue weighted by Crippen LogP contribution is 2.34. The van der Waals surface area contributed by atoms with Gasteiger partial charge in [0.15, 0.2) is 0 Å². The predicted molar refractivity (Wildman–Crippen MR) is 72.9 cm³/mol. The lowest BCUT2D eigenvalue weighted by molar-refractivity contribution is 0.466. The maximum absolute atomic E-state index is 5.66. The molecule has 3 N–H and O–H groups in total. The van der Waals surface area contributed by atoms with E-state index in [1.165, 1.54) is 29.4 Å². The zero-order valence-corrected chi connectivity index (χ0v) is 10.8. The highest BCUT2D eigenvalue weighted by Gasteiger charge is 2.31. The average molecular weight is 244 g/mol. The van der Waals surface area contributed by atoms with Crippen molar-refractivity contribution in [3.63, 3.8) is 0 Å². The summed E-state index contributed by atoms with van der Waals surface area (Å²) in [5.41, 5.74) is 5.35. The van der Waals surface area contributed by atoms with E-state index < -0.39 is 0 Å². The fourth-order valence-electron chi connectivity index (χ4n) is 2.66. The summed E-state index contributed by atoms with van der Waals surface area (Å²) in [6.07, 6.45) is 3.51. The van der Waals surface area contributed by atoms with Crippen LogP contribution in [0.2, 0.25) is 0 Å². The van der Waals surface area contributed by atoms with Gasteiger partial charge in [-0.15, -0.1) is 0 Å². The van der Waals surface area contributed by atoms with Gasteiger partial charge in [-0.3, -0.25) is 16.0 Å². The van der Waals surface area contributed by atoms with Crippen LogP contribution >= 0.6 is 0 Å². The number of aromatic nitrogens is 2. The fourth-order valence-corrected chi connectivity index (χ4v) is 2.66. The van der Waals surface area contributed by atoms with Gasteiger partial charge in [0.2, 0.25) is 0 Å². The predicted octanol–water partition coefficient (Wildman–Crippen LogP) is 1.84. The standard InChI is InChI=1S/C14H20N4/c1-2-18-14-6-4-3-5-11(14)13(17-18)9-12(16-15)10-7-8-10/h3-6,10,12,16H,2,7-9,15H2,1H3. The Hall–Kier alpha value is -1.39. The number of hydrogen-bond donors (Lipinski definition) is 2. The van der Waals surface area contributed by atoms with Crippen molar-refractivity contribution in [3.8, 4) is 0 Å². The van der Waals surface area contributed by atoms with E-state index in [1.54, 1.807) is 0 Å². The van der Waals surface area contributed by atoms with Crippen molar-refractivity contribution in [3.05, 3.63) is 30.0 Å². The molecule has 0 bridgehead atoms. The van der Waals surface area contributed by atoms with Crippen molar-refractivity contribution in [2.24, 2.45) is 11.8 Å². The van der Waals surface area contributed by atoms with E-state index in [4.69, 9.17) is 10.9 Å². The van der Waals surface area contributed by atoms with E-state index in [9.17, 15) is 0 Å². The Morgan fingerprint density at radius 1 is 1.44 bits per heavy atom. The van der Waals surface area contributed by atoms with Gasteiger partial charge in [0.1, 0.15) is 0 Å². The molecule has 1 saturated carbocycles. The number of nitrogens with zero attached hydrogens (tertiary/aromatic N) is 2. The molecule has 1 unspecified atom stereocenters. The molecule has 2 aromatic rings. The summed E-state index contributed by atoms with van der Waals surface area (Å²) in [6.45, 7) is 3.04. The highest BCUT2D eigenvalue weighted by molar-refractivity contribution is 5.82. The van der Waals surface area contributed by atoms with Crippen LogP contribution < -0.4 is 11.3 Å². The van der Waals surface area contributed by atoms with Crippen LogP contribution in [0.15, 0.2) is 24.3 Å². The number of para-hydroxylation sites is 1. The zero-order valence-electron chi connectivity index (χ0n) is 10.8. The smallest absolute Gasteiger partial charge is 0.0719 e. The van der Waals surface area contributed by atoms with Gasteiger partial charge in [-0.25, -0.2) is 0 Å². The molecule has 0 aliphatic heterocycles. The molecule has 1 aliphatic rings. The second-order valence-corrected chi connectivity index (χ2v) is 5.09. The Bertz CT molecular complexity index is 542. The van der Waals surface area contributed by atoms with Crippen LogP contribution in [0.3, 0.4) is 0 Å². The molecule has 1 aromatic carbocycles. The molecular formula is C14H20N4. The summed E-state index contributed by atoms with van der Waals surface area (Å²) in [4.78, 5) is 0. The van der Waals surface area contributed by atoms with E-state index in [0.29, 0.717) is 6.04 Å². The maximum Gasteiger partial charge on any atom is 0.0719 e. The highest BCUT2D eigenvalue weighted by atomic mass is 15.3. The van der Waals surface area contributed by atoms with Crippen LogP contribution in [-0.2, 0) is 13.0 Å². The molecule has 0 amide bonds. The summed E-state index contributed by atoms with van der Waals surface area (Å²) >= 11 is 0. The Kier molecular flexibility index (Phi) is 3.06. The Morgan fingerprint density at radius 2 is 2.22 bits per heavy atom. The van der Waals surface area contributed by atoms with Crippen LogP contribution in [-0.4, -0.2) is 15.8 Å². The second-order valence-electron chi connectivity index (χ2n) is 5.09. The van der Waals surface area contributed by atoms with E-state index in [2.05, 4.69) is 41.3 Å². The SMILES string of the molecule is CCn1nc(CC(NN)C2CC2)c2ccccc21. The molecule has 18 heavy (non-hydrogen) atoms. The molecule has 1 aliphatic carbocycles. The monoisotopic (exact) mass is 244 g/mol. The molecule has 1 aromatic heterocycles. The van der Waals surface area contributed by atoms with Gasteiger partial charge in [0.05, 0.1) is 11.2 Å². The van der Waals surface area contributed by atoms with Gasteiger partial charge in [-0.2, -0.15) is 5.10 Å². The lowest BCUT2D eigenvalue weighted by Gasteiger charge is -2.13. The van der Waals surface area contributed by atoms with Gasteiger partial charge < -0.3 is 0 Å². The number of nitrogens with one attached hydrogen (secondary N) is 1. The quantitative estimate of drug-likeness (QED) is 0.623. The molecule has 0 radical (unpaired) electrons. The van der Waals surface area contributed by atoms with Crippen molar-refractivity contribution < 1.29 is 0 Å². The minimum absolute atomic E-state index is 0.369. The summed E-state index contributed by atoms with van der Waals surface area (Å²) in [5.74, 6) is 6.40. The minimum atomic E-state index is 0.369. The molecular weight excluding hydrogens is 224 g/mol. The molecule has 1 fully saturated rings. The Labute approximate surface area is 107 Å². The van der Waals surface area contributed by atoms with Crippen LogP contribution in [0.1, 0.15) is 25.5 Å². The topological polar surface area (TPSA) is 55.9 Å². The van der Waals surface area contributed by atoms with Gasteiger partial charge in [0.25, 0.3) is 0 Å². The molecule has 1 heterocycles. The minimum Gasteiger partial charge on any atom is -0.271 e. The Balaban J connectivity index is 1.95. The molecule has 0 saturated heterocycles. The Morgan fingerprint density at radius 3 is 2.89 bits per heavy atom. The maximum atomic E-state index is 5.66. The lowest BCUT2D eigenvalue weighted by Crippen LogP contribution is -2.38. The number of hydrazine groups is 1. The third-order valence-corrected chi connectivity index (χ3v) is 3.85. The van der Waals surface area contributed by atoms with Crippen molar-refractivity contribution in [1.82, 2.24) is 15.2 Å². The largest absolute Gasteiger partial charge is 0.271 e. The van der Waals surface area contributed by atoms with Crippen molar-refractivity contribution in [1.29, 1.82) is 0 Å². The summed E-state index contributed by atoms with van der Waals surface area (Å²) in [7, 11) is 0. The first-order chi connectivity index (χ1) is 8.83. The van der Waals surface area contributed by atoms with Gasteiger partial charge in [-0.05, 0) is 31.7 Å². The van der Waals surface area contributed by atoms with Crippen molar-refractivity contribution in [2.75, 3.05) is 0 Å². The first-order valence-electron chi connectivity index (χ1n) is 6.74. The van der Waals surface area contributed by atoms with Crippen molar-refractivity contribution >= 4 is 10.9 Å². The van der Waals surface area contributed by atoms with Gasteiger partial charge in [0, 0.05) is 24.4 Å². The zero-order chi connectivity index (χ0) is 12.5. The van der Waals surface area contributed by atoms with E-state index in [1.807, 2.05) is 0 Å². The first-order valence-corrected chi connectivity index (χ1v) is 6.74. The summed E-state index contributed by atoms with van der Waals surface area (Å²) in [5, 5.41) is 5.99. The third kappa shape index (κ3) is 2.02. The van der Waals surface area contributed by atoms with Crippen LogP contribution in [0, 0.1) is 5.92 Å². The van der Waals surface area contributed by atoms with Crippen LogP contribution in [0.5, 0.6) is 0 Å².